The summed E-state index contributed by atoms with van der Waals surface area (Å²) in [5.41, 5.74) is -0.935. The van der Waals surface area contributed by atoms with Crippen LogP contribution in [0.4, 0.5) is 10.1 Å². The third-order valence-corrected chi connectivity index (χ3v) is 5.20. The Labute approximate surface area is 156 Å². The molecule has 3 rings (SSSR count). The predicted octanol–water partition coefficient (Wildman–Crippen LogP) is 2.81. The molecule has 1 N–H and O–H groups in total. The Morgan fingerprint density at radius 2 is 1.85 bits per heavy atom. The first-order valence-electron chi connectivity index (χ1n) is 8.57. The normalized spacial score (nSPS) is 19.6. The zero-order valence-electron chi connectivity index (χ0n) is 14.8. The Bertz CT molecular complexity index is 709. The van der Waals surface area contributed by atoms with Gasteiger partial charge in [-0.1, -0.05) is 11.6 Å². The van der Waals surface area contributed by atoms with Crippen LogP contribution in [0.15, 0.2) is 18.2 Å². The molecule has 0 aliphatic carbocycles. The average Bonchev–Trinajstić information content (AvgIpc) is 3.06. The second-order valence-corrected chi connectivity index (χ2v) is 7.52. The van der Waals surface area contributed by atoms with Crippen LogP contribution >= 0.6 is 11.6 Å². The highest BCUT2D eigenvalue weighted by atomic mass is 35.5. The highest BCUT2D eigenvalue weighted by Gasteiger charge is 2.45. The zero-order valence-corrected chi connectivity index (χ0v) is 15.6. The van der Waals surface area contributed by atoms with Crippen molar-refractivity contribution in [2.75, 3.05) is 31.6 Å². The van der Waals surface area contributed by atoms with Gasteiger partial charge in [-0.25, -0.2) is 4.39 Å². The van der Waals surface area contributed by atoms with Crippen molar-refractivity contribution >= 4 is 29.1 Å². The van der Waals surface area contributed by atoms with Crippen LogP contribution in [0.25, 0.3) is 0 Å². The van der Waals surface area contributed by atoms with Gasteiger partial charge in [-0.2, -0.15) is 0 Å². The van der Waals surface area contributed by atoms with Gasteiger partial charge >= 0.3 is 0 Å². The Morgan fingerprint density at radius 1 is 1.23 bits per heavy atom. The van der Waals surface area contributed by atoms with E-state index in [1.807, 2.05) is 0 Å². The van der Waals surface area contributed by atoms with Gasteiger partial charge < -0.3 is 19.7 Å². The first kappa shape index (κ1) is 19.1. The molecule has 2 saturated heterocycles. The predicted molar refractivity (Wildman–Crippen MR) is 94.3 cm³/mol. The number of hydrogen-bond acceptors (Lipinski definition) is 4. The molecule has 2 aliphatic rings. The second-order valence-electron chi connectivity index (χ2n) is 7.11. The molecule has 2 fully saturated rings. The quantitative estimate of drug-likeness (QED) is 0.814. The monoisotopic (exact) mass is 384 g/mol. The highest BCUT2D eigenvalue weighted by molar-refractivity contribution is 6.31. The topological polar surface area (TPSA) is 67.9 Å². The Balaban J connectivity index is 1.63. The standard InChI is InChI=1S/C18H22ClFN2O4/c1-17(2,15(23)21-12-3-4-14(20)13(19)11-12)16(24)22-7-5-18(6-8-22)25-9-10-26-18/h3-4,11H,5-10H2,1-2H3,(H,21,23). The first-order chi connectivity index (χ1) is 12.2. The number of ether oxygens (including phenoxy) is 2. The smallest absolute Gasteiger partial charge is 0.239 e. The van der Waals surface area contributed by atoms with Gasteiger partial charge in [0.25, 0.3) is 0 Å². The number of likely N-dealkylation sites (tertiary alicyclic amines) is 1. The van der Waals surface area contributed by atoms with E-state index in [4.69, 9.17) is 21.1 Å². The fourth-order valence-corrected chi connectivity index (χ4v) is 3.37. The van der Waals surface area contributed by atoms with Crippen LogP contribution in [0.1, 0.15) is 26.7 Å². The van der Waals surface area contributed by atoms with Gasteiger partial charge in [-0.3, -0.25) is 9.59 Å². The molecule has 0 unspecified atom stereocenters. The minimum absolute atomic E-state index is 0.0928. The minimum atomic E-state index is -1.28. The van der Waals surface area contributed by atoms with Crippen LogP contribution in [-0.2, 0) is 19.1 Å². The molecule has 142 valence electrons. The second kappa shape index (κ2) is 7.13. The van der Waals surface area contributed by atoms with Gasteiger partial charge in [0.1, 0.15) is 11.2 Å². The maximum Gasteiger partial charge on any atom is 0.239 e. The lowest BCUT2D eigenvalue weighted by Crippen LogP contribution is -2.53. The SMILES string of the molecule is CC(C)(C(=O)Nc1ccc(F)c(Cl)c1)C(=O)N1CCC2(CC1)OCCO2. The number of nitrogens with one attached hydrogen (secondary N) is 1. The number of piperidine rings is 1. The third-order valence-electron chi connectivity index (χ3n) is 4.91. The van der Waals surface area contributed by atoms with Crippen molar-refractivity contribution in [1.29, 1.82) is 0 Å². The fourth-order valence-electron chi connectivity index (χ4n) is 3.19. The maximum absolute atomic E-state index is 13.2. The molecule has 26 heavy (non-hydrogen) atoms. The molecule has 0 aromatic heterocycles. The Morgan fingerprint density at radius 3 is 2.42 bits per heavy atom. The Kier molecular flexibility index (Phi) is 5.23. The summed E-state index contributed by atoms with van der Waals surface area (Å²) in [7, 11) is 0. The van der Waals surface area contributed by atoms with E-state index in [0.717, 1.165) is 0 Å². The molecule has 2 amide bonds. The molecule has 1 spiro atoms. The van der Waals surface area contributed by atoms with Gasteiger partial charge in [0.15, 0.2) is 5.79 Å². The number of nitrogens with zero attached hydrogens (tertiary/aromatic N) is 1. The van der Waals surface area contributed by atoms with E-state index in [0.29, 0.717) is 44.8 Å². The highest BCUT2D eigenvalue weighted by Crippen LogP contribution is 2.33. The molecule has 0 bridgehead atoms. The van der Waals surface area contributed by atoms with Crippen molar-refractivity contribution in [3.63, 3.8) is 0 Å². The van der Waals surface area contributed by atoms with E-state index < -0.39 is 22.9 Å². The van der Waals surface area contributed by atoms with E-state index >= 15 is 0 Å². The molecular weight excluding hydrogens is 363 g/mol. The number of carbonyl (C=O) groups is 2. The fraction of sp³-hybridized carbons (Fsp3) is 0.556. The Hall–Kier alpha value is -1.70. The van der Waals surface area contributed by atoms with Gasteiger partial charge in [-0.05, 0) is 32.0 Å². The van der Waals surface area contributed by atoms with E-state index in [1.165, 1.54) is 18.2 Å². The van der Waals surface area contributed by atoms with Crippen LogP contribution < -0.4 is 5.32 Å². The van der Waals surface area contributed by atoms with Crippen LogP contribution in [0.5, 0.6) is 0 Å². The largest absolute Gasteiger partial charge is 0.347 e. The lowest BCUT2D eigenvalue weighted by Gasteiger charge is -2.40. The van der Waals surface area contributed by atoms with Crippen molar-refractivity contribution in [2.24, 2.45) is 5.41 Å². The molecule has 0 radical (unpaired) electrons. The summed E-state index contributed by atoms with van der Waals surface area (Å²) in [5, 5.41) is 2.54. The molecular formula is C18H22ClFN2O4. The van der Waals surface area contributed by atoms with Crippen LogP contribution in [-0.4, -0.2) is 48.8 Å². The minimum Gasteiger partial charge on any atom is -0.347 e. The van der Waals surface area contributed by atoms with Gasteiger partial charge in [0.2, 0.25) is 11.8 Å². The number of rotatable bonds is 3. The number of amides is 2. The lowest BCUT2D eigenvalue weighted by atomic mass is 9.88. The van der Waals surface area contributed by atoms with E-state index in [-0.39, 0.29) is 10.9 Å². The van der Waals surface area contributed by atoms with E-state index in [2.05, 4.69) is 5.32 Å². The zero-order chi connectivity index (χ0) is 18.9. The number of anilines is 1. The van der Waals surface area contributed by atoms with Crippen molar-refractivity contribution in [1.82, 2.24) is 4.90 Å². The summed E-state index contributed by atoms with van der Waals surface area (Å²) in [6.07, 6.45) is 1.17. The summed E-state index contributed by atoms with van der Waals surface area (Å²) in [6.45, 7) is 5.23. The van der Waals surface area contributed by atoms with Crippen molar-refractivity contribution < 1.29 is 23.5 Å². The van der Waals surface area contributed by atoms with Crippen molar-refractivity contribution in [3.05, 3.63) is 29.0 Å². The summed E-state index contributed by atoms with van der Waals surface area (Å²) in [5.74, 6) is -1.89. The van der Waals surface area contributed by atoms with Crippen molar-refractivity contribution in [3.8, 4) is 0 Å². The number of carbonyl (C=O) groups excluding carboxylic acids is 2. The summed E-state index contributed by atoms with van der Waals surface area (Å²) >= 11 is 5.73. The molecule has 6 nitrogen and oxygen atoms in total. The summed E-state index contributed by atoms with van der Waals surface area (Å²) < 4.78 is 24.6. The molecule has 8 heteroatoms. The third kappa shape index (κ3) is 3.70. The lowest BCUT2D eigenvalue weighted by molar-refractivity contribution is -0.189. The van der Waals surface area contributed by atoms with Crippen LogP contribution in [0, 0.1) is 11.2 Å². The van der Waals surface area contributed by atoms with E-state index in [1.54, 1.807) is 18.7 Å². The van der Waals surface area contributed by atoms with Gasteiger partial charge in [0, 0.05) is 31.6 Å². The number of hydrogen-bond donors (Lipinski definition) is 1. The van der Waals surface area contributed by atoms with Gasteiger partial charge in [-0.15, -0.1) is 0 Å². The summed E-state index contributed by atoms with van der Waals surface area (Å²) in [6, 6.07) is 3.88. The molecule has 1 aromatic carbocycles. The number of halogens is 2. The molecule has 2 heterocycles. The average molecular weight is 385 g/mol. The molecule has 0 saturated carbocycles. The van der Waals surface area contributed by atoms with Crippen molar-refractivity contribution in [2.45, 2.75) is 32.5 Å². The number of benzene rings is 1. The molecule has 2 aliphatic heterocycles. The van der Waals surface area contributed by atoms with E-state index in [9.17, 15) is 14.0 Å². The van der Waals surface area contributed by atoms with Crippen LogP contribution in [0.3, 0.4) is 0 Å². The maximum atomic E-state index is 13.2. The molecule has 1 aromatic rings. The van der Waals surface area contributed by atoms with Gasteiger partial charge in [0.05, 0.1) is 18.2 Å². The molecule has 0 atom stereocenters. The summed E-state index contributed by atoms with van der Waals surface area (Å²) in [4.78, 5) is 27.2. The first-order valence-corrected chi connectivity index (χ1v) is 8.95. The van der Waals surface area contributed by atoms with Crippen LogP contribution in [0.2, 0.25) is 5.02 Å².